The highest BCUT2D eigenvalue weighted by Crippen LogP contribution is 2.32. The van der Waals surface area contributed by atoms with Crippen molar-refractivity contribution in [1.82, 2.24) is 14.6 Å². The van der Waals surface area contributed by atoms with E-state index in [4.69, 9.17) is 5.11 Å². The number of aryl methyl sites for hydroxylation is 1. The first-order valence-electron chi connectivity index (χ1n) is 4.58. The van der Waals surface area contributed by atoms with Crippen molar-refractivity contribution in [3.05, 3.63) is 27.6 Å². The second kappa shape index (κ2) is 3.94. The van der Waals surface area contributed by atoms with Crippen LogP contribution in [0.1, 0.15) is 21.9 Å². The fraction of sp³-hybridized carbons (Fsp3) is 0.222. The fourth-order valence-electron chi connectivity index (χ4n) is 1.45. The SMILES string of the molecule is Cc1cc(C(F)(F)F)n2nc(C(=O)O)c(Br)c2n1. The van der Waals surface area contributed by atoms with Gasteiger partial charge < -0.3 is 5.11 Å². The average molecular weight is 324 g/mol. The second-order valence-corrected chi connectivity index (χ2v) is 4.28. The summed E-state index contributed by atoms with van der Waals surface area (Å²) in [5.74, 6) is -1.43. The third kappa shape index (κ3) is 1.94. The quantitative estimate of drug-likeness (QED) is 0.875. The van der Waals surface area contributed by atoms with Crippen LogP contribution in [0.25, 0.3) is 5.65 Å². The average Bonchev–Trinajstić information content (AvgIpc) is 2.54. The molecule has 0 aliphatic heterocycles. The zero-order chi connectivity index (χ0) is 13.7. The Morgan fingerprint density at radius 2 is 2.11 bits per heavy atom. The maximum Gasteiger partial charge on any atom is 0.433 e. The van der Waals surface area contributed by atoms with Crippen molar-refractivity contribution in [3.8, 4) is 0 Å². The van der Waals surface area contributed by atoms with E-state index in [0.29, 0.717) is 4.52 Å². The second-order valence-electron chi connectivity index (χ2n) is 3.48. The molecule has 0 radical (unpaired) electrons. The lowest BCUT2D eigenvalue weighted by molar-refractivity contribution is -0.142. The van der Waals surface area contributed by atoms with E-state index in [1.165, 1.54) is 6.92 Å². The van der Waals surface area contributed by atoms with E-state index >= 15 is 0 Å². The molecular weight excluding hydrogens is 319 g/mol. The highest BCUT2D eigenvalue weighted by molar-refractivity contribution is 9.10. The first kappa shape index (κ1) is 12.8. The highest BCUT2D eigenvalue weighted by Gasteiger charge is 2.36. The van der Waals surface area contributed by atoms with Crippen LogP contribution in [0.5, 0.6) is 0 Å². The normalized spacial score (nSPS) is 12.1. The van der Waals surface area contributed by atoms with Crippen LogP contribution in [0.3, 0.4) is 0 Å². The molecule has 18 heavy (non-hydrogen) atoms. The van der Waals surface area contributed by atoms with Gasteiger partial charge in [0.15, 0.2) is 11.3 Å². The molecule has 0 unspecified atom stereocenters. The molecule has 0 atom stereocenters. The van der Waals surface area contributed by atoms with Gasteiger partial charge in [0, 0.05) is 5.69 Å². The van der Waals surface area contributed by atoms with E-state index in [1.807, 2.05) is 0 Å². The number of hydrogen-bond donors (Lipinski definition) is 1. The summed E-state index contributed by atoms with van der Waals surface area (Å²) in [6, 6.07) is 0.804. The van der Waals surface area contributed by atoms with Gasteiger partial charge in [-0.15, -0.1) is 0 Å². The third-order valence-corrected chi connectivity index (χ3v) is 2.88. The summed E-state index contributed by atoms with van der Waals surface area (Å²) in [5.41, 5.74) is -1.65. The fourth-order valence-corrected chi connectivity index (χ4v) is 1.96. The summed E-state index contributed by atoms with van der Waals surface area (Å²) in [4.78, 5) is 14.7. The first-order chi connectivity index (χ1) is 8.21. The summed E-state index contributed by atoms with van der Waals surface area (Å²) in [6.45, 7) is 1.38. The molecule has 9 heteroatoms. The van der Waals surface area contributed by atoms with Crippen LogP contribution in [0.15, 0.2) is 10.5 Å². The van der Waals surface area contributed by atoms with Crippen molar-refractivity contribution in [3.63, 3.8) is 0 Å². The van der Waals surface area contributed by atoms with Crippen LogP contribution in [-0.2, 0) is 6.18 Å². The zero-order valence-corrected chi connectivity index (χ0v) is 10.4. The minimum Gasteiger partial charge on any atom is -0.476 e. The van der Waals surface area contributed by atoms with E-state index in [1.54, 1.807) is 0 Å². The maximum absolute atomic E-state index is 12.8. The van der Waals surface area contributed by atoms with Gasteiger partial charge in [0.05, 0.1) is 4.47 Å². The first-order valence-corrected chi connectivity index (χ1v) is 5.37. The van der Waals surface area contributed by atoms with Crippen LogP contribution in [0, 0.1) is 6.92 Å². The number of fused-ring (bicyclic) bond motifs is 1. The molecule has 5 nitrogen and oxygen atoms in total. The third-order valence-electron chi connectivity index (χ3n) is 2.15. The number of halogens is 4. The molecule has 0 bridgehead atoms. The monoisotopic (exact) mass is 323 g/mol. The number of hydrogen-bond acceptors (Lipinski definition) is 3. The molecule has 0 amide bonds. The van der Waals surface area contributed by atoms with Gasteiger partial charge in [-0.2, -0.15) is 18.3 Å². The lowest BCUT2D eigenvalue weighted by atomic mass is 10.3. The standard InChI is InChI=1S/C9H5BrF3N3O2/c1-3-2-4(9(11,12)13)16-7(14-3)5(10)6(15-16)8(17)18/h2H,1H3,(H,17,18). The van der Waals surface area contributed by atoms with E-state index < -0.39 is 23.5 Å². The van der Waals surface area contributed by atoms with Gasteiger partial charge in [-0.05, 0) is 28.9 Å². The summed E-state index contributed by atoms with van der Waals surface area (Å²) in [7, 11) is 0. The molecule has 0 saturated carbocycles. The highest BCUT2D eigenvalue weighted by atomic mass is 79.9. The van der Waals surface area contributed by atoms with Gasteiger partial charge in [0.2, 0.25) is 0 Å². The number of rotatable bonds is 1. The van der Waals surface area contributed by atoms with Crippen molar-refractivity contribution in [2.45, 2.75) is 13.1 Å². The van der Waals surface area contributed by atoms with E-state index in [9.17, 15) is 18.0 Å². The molecule has 0 aromatic carbocycles. The lowest BCUT2D eigenvalue weighted by Crippen LogP contribution is -2.14. The smallest absolute Gasteiger partial charge is 0.433 e. The number of alkyl halides is 3. The number of nitrogens with zero attached hydrogens (tertiary/aromatic N) is 3. The van der Waals surface area contributed by atoms with Gasteiger partial charge >= 0.3 is 12.1 Å². The van der Waals surface area contributed by atoms with Crippen LogP contribution in [-0.4, -0.2) is 25.7 Å². The Balaban J connectivity index is 2.89. The summed E-state index contributed by atoms with van der Waals surface area (Å²) in [6.07, 6.45) is -4.65. The maximum atomic E-state index is 12.8. The Labute approximate surface area is 106 Å². The van der Waals surface area contributed by atoms with E-state index in [-0.39, 0.29) is 15.8 Å². The number of aromatic nitrogens is 3. The van der Waals surface area contributed by atoms with Gasteiger partial charge in [0.1, 0.15) is 5.69 Å². The van der Waals surface area contributed by atoms with Gasteiger partial charge in [0.25, 0.3) is 0 Å². The van der Waals surface area contributed by atoms with Crippen molar-refractivity contribution < 1.29 is 23.1 Å². The van der Waals surface area contributed by atoms with Gasteiger partial charge in [-0.3, -0.25) is 0 Å². The van der Waals surface area contributed by atoms with Gasteiger partial charge in [-0.25, -0.2) is 14.3 Å². The molecule has 0 fully saturated rings. The molecule has 2 aromatic heterocycles. The molecule has 1 N–H and O–H groups in total. The van der Waals surface area contributed by atoms with E-state index in [0.717, 1.165) is 6.07 Å². The Morgan fingerprint density at radius 1 is 1.50 bits per heavy atom. The Hall–Kier alpha value is -1.64. The van der Waals surface area contributed by atoms with Gasteiger partial charge in [-0.1, -0.05) is 0 Å². The molecule has 2 aromatic rings. The molecule has 2 rings (SSSR count). The lowest BCUT2D eigenvalue weighted by Gasteiger charge is -2.09. The Kier molecular flexibility index (Phi) is 2.80. The number of carboxylic acid groups (broad SMARTS) is 1. The van der Waals surface area contributed by atoms with Crippen molar-refractivity contribution in [2.24, 2.45) is 0 Å². The van der Waals surface area contributed by atoms with Crippen LogP contribution in [0.2, 0.25) is 0 Å². The Bertz CT molecular complexity index is 651. The Morgan fingerprint density at radius 3 is 2.61 bits per heavy atom. The van der Waals surface area contributed by atoms with E-state index in [2.05, 4.69) is 26.0 Å². The van der Waals surface area contributed by atoms with Crippen LogP contribution >= 0.6 is 15.9 Å². The molecule has 2 heterocycles. The predicted octanol–water partition coefficient (Wildman–Crippen LogP) is 2.52. The minimum atomic E-state index is -4.65. The molecule has 96 valence electrons. The number of carboxylic acids is 1. The van der Waals surface area contributed by atoms with Crippen LogP contribution in [0.4, 0.5) is 13.2 Å². The summed E-state index contributed by atoms with van der Waals surface area (Å²) < 4.78 is 38.8. The largest absolute Gasteiger partial charge is 0.476 e. The predicted molar refractivity (Wildman–Crippen MR) is 57.4 cm³/mol. The molecular formula is C9H5BrF3N3O2. The van der Waals surface area contributed by atoms with Crippen LogP contribution < -0.4 is 0 Å². The topological polar surface area (TPSA) is 67.5 Å². The summed E-state index contributed by atoms with van der Waals surface area (Å²) >= 11 is 2.89. The zero-order valence-electron chi connectivity index (χ0n) is 8.79. The minimum absolute atomic E-state index is 0.0794. The number of carbonyl (C=O) groups is 1. The summed E-state index contributed by atoms with van der Waals surface area (Å²) in [5, 5.41) is 12.2. The van der Waals surface area contributed by atoms with Crippen molar-refractivity contribution in [1.29, 1.82) is 0 Å². The molecule has 0 spiro atoms. The molecule has 0 saturated heterocycles. The number of aromatic carboxylic acids is 1. The molecule has 0 aliphatic carbocycles. The van der Waals surface area contributed by atoms with Crippen molar-refractivity contribution >= 4 is 27.5 Å². The van der Waals surface area contributed by atoms with Crippen molar-refractivity contribution in [2.75, 3.05) is 0 Å². The molecule has 0 aliphatic rings.